The minimum atomic E-state index is -0.193. The molecule has 164 valence electrons. The Labute approximate surface area is 185 Å². The van der Waals surface area contributed by atoms with Crippen LogP contribution in [0, 0.1) is 6.92 Å². The molecule has 1 saturated heterocycles. The van der Waals surface area contributed by atoms with Crippen molar-refractivity contribution in [1.82, 2.24) is 19.9 Å². The summed E-state index contributed by atoms with van der Waals surface area (Å²) in [5, 5.41) is 7.46. The zero-order valence-electron chi connectivity index (χ0n) is 18.1. The van der Waals surface area contributed by atoms with E-state index in [1.54, 1.807) is 18.7 Å². The van der Waals surface area contributed by atoms with Gasteiger partial charge < -0.3 is 19.7 Å². The van der Waals surface area contributed by atoms with E-state index < -0.39 is 0 Å². The predicted molar refractivity (Wildman–Crippen MR) is 123 cm³/mol. The molecule has 0 unspecified atom stereocenters. The van der Waals surface area contributed by atoms with E-state index in [-0.39, 0.29) is 5.91 Å². The molecule has 1 aliphatic heterocycles. The molecule has 1 aliphatic rings. The standard InChI is InChI=1S/C22H27N5O3S/c1-15-14-27-18(21(24-15)26-8-10-31-11-9-26)13-17(25-27)22(28)23-7-6-16-4-5-19(29-2)20(12-16)30-3/h4-5,12-14H,6-11H2,1-3H3,(H,23,28). The second-order valence-electron chi connectivity index (χ2n) is 7.36. The smallest absolute Gasteiger partial charge is 0.271 e. The number of rotatable bonds is 7. The number of aryl methyl sites for hydroxylation is 1. The Kier molecular flexibility index (Phi) is 6.50. The first-order valence-corrected chi connectivity index (χ1v) is 11.4. The van der Waals surface area contributed by atoms with Crippen molar-refractivity contribution < 1.29 is 14.3 Å². The van der Waals surface area contributed by atoms with Gasteiger partial charge in [-0.15, -0.1) is 0 Å². The Morgan fingerprint density at radius 2 is 1.94 bits per heavy atom. The highest BCUT2D eigenvalue weighted by molar-refractivity contribution is 7.99. The summed E-state index contributed by atoms with van der Waals surface area (Å²) < 4.78 is 12.4. The lowest BCUT2D eigenvalue weighted by Crippen LogP contribution is -2.33. The molecule has 31 heavy (non-hydrogen) atoms. The molecule has 1 aromatic carbocycles. The highest BCUT2D eigenvalue weighted by Crippen LogP contribution is 2.27. The minimum Gasteiger partial charge on any atom is -0.493 e. The van der Waals surface area contributed by atoms with Crippen LogP contribution in [-0.4, -0.2) is 65.9 Å². The van der Waals surface area contributed by atoms with E-state index in [4.69, 9.17) is 14.5 Å². The number of fused-ring (bicyclic) bond motifs is 1. The van der Waals surface area contributed by atoms with E-state index in [1.807, 2.05) is 49.1 Å². The topological polar surface area (TPSA) is 81.0 Å². The van der Waals surface area contributed by atoms with Crippen LogP contribution in [0.15, 0.2) is 30.5 Å². The average molecular weight is 442 g/mol. The fourth-order valence-corrected chi connectivity index (χ4v) is 4.56. The van der Waals surface area contributed by atoms with Gasteiger partial charge in [0.2, 0.25) is 0 Å². The number of nitrogens with zero attached hydrogens (tertiary/aromatic N) is 4. The first kappa shape index (κ1) is 21.3. The van der Waals surface area contributed by atoms with E-state index in [1.165, 1.54) is 0 Å². The Morgan fingerprint density at radius 3 is 2.68 bits per heavy atom. The first-order chi connectivity index (χ1) is 15.1. The largest absolute Gasteiger partial charge is 0.493 e. The van der Waals surface area contributed by atoms with Crippen LogP contribution in [-0.2, 0) is 6.42 Å². The number of carbonyl (C=O) groups is 1. The van der Waals surface area contributed by atoms with Gasteiger partial charge >= 0.3 is 0 Å². The number of hydrogen-bond acceptors (Lipinski definition) is 7. The van der Waals surface area contributed by atoms with E-state index in [0.717, 1.165) is 47.2 Å². The number of hydrogen-bond donors (Lipinski definition) is 1. The van der Waals surface area contributed by atoms with Crippen molar-refractivity contribution >= 4 is 29.0 Å². The monoisotopic (exact) mass is 441 g/mol. The second-order valence-corrected chi connectivity index (χ2v) is 8.58. The number of methoxy groups -OCH3 is 2. The van der Waals surface area contributed by atoms with Gasteiger partial charge in [0.05, 0.1) is 26.1 Å². The number of anilines is 1. The number of ether oxygens (including phenoxy) is 2. The molecule has 1 fully saturated rings. The van der Waals surface area contributed by atoms with E-state index >= 15 is 0 Å². The van der Waals surface area contributed by atoms with Crippen LogP contribution in [0.4, 0.5) is 5.82 Å². The molecule has 1 amide bonds. The molecule has 0 atom stereocenters. The molecule has 3 aromatic rings. The molecule has 0 spiro atoms. The molecule has 0 radical (unpaired) electrons. The maximum Gasteiger partial charge on any atom is 0.271 e. The molecular weight excluding hydrogens is 414 g/mol. The van der Waals surface area contributed by atoms with Crippen molar-refractivity contribution in [2.45, 2.75) is 13.3 Å². The lowest BCUT2D eigenvalue weighted by molar-refractivity contribution is 0.0949. The van der Waals surface area contributed by atoms with Crippen molar-refractivity contribution in [3.05, 3.63) is 47.4 Å². The van der Waals surface area contributed by atoms with Crippen LogP contribution in [0.5, 0.6) is 11.5 Å². The maximum atomic E-state index is 12.7. The summed E-state index contributed by atoms with van der Waals surface area (Å²) in [5.74, 6) is 4.24. The second kappa shape index (κ2) is 9.47. The van der Waals surface area contributed by atoms with Gasteiger partial charge in [-0.3, -0.25) is 4.79 Å². The number of benzene rings is 1. The number of thioether (sulfide) groups is 1. The van der Waals surface area contributed by atoms with Crippen LogP contribution in [0.25, 0.3) is 5.52 Å². The molecule has 8 nitrogen and oxygen atoms in total. The number of aromatic nitrogens is 3. The van der Waals surface area contributed by atoms with Gasteiger partial charge in [-0.1, -0.05) is 6.07 Å². The Hall–Kier alpha value is -2.94. The fraction of sp³-hybridized carbons (Fsp3) is 0.409. The quantitative estimate of drug-likeness (QED) is 0.604. The van der Waals surface area contributed by atoms with Gasteiger partial charge in [-0.05, 0) is 31.0 Å². The SMILES string of the molecule is COc1ccc(CCNC(=O)c2cc3c(N4CCSCC4)nc(C)cn3n2)cc1OC. The molecule has 4 rings (SSSR count). The van der Waals surface area contributed by atoms with E-state index in [9.17, 15) is 4.79 Å². The summed E-state index contributed by atoms with van der Waals surface area (Å²) in [6, 6.07) is 7.59. The van der Waals surface area contributed by atoms with E-state index in [2.05, 4.69) is 15.3 Å². The van der Waals surface area contributed by atoms with Crippen LogP contribution < -0.4 is 19.7 Å². The van der Waals surface area contributed by atoms with Gasteiger partial charge in [0.1, 0.15) is 5.52 Å². The van der Waals surface area contributed by atoms with Crippen molar-refractivity contribution in [1.29, 1.82) is 0 Å². The van der Waals surface area contributed by atoms with Gasteiger partial charge in [0, 0.05) is 37.2 Å². The van der Waals surface area contributed by atoms with Crippen LogP contribution in [0.1, 0.15) is 21.7 Å². The lowest BCUT2D eigenvalue weighted by Gasteiger charge is -2.28. The van der Waals surface area contributed by atoms with Crippen molar-refractivity contribution in [2.75, 3.05) is 50.3 Å². The molecule has 0 saturated carbocycles. The van der Waals surface area contributed by atoms with E-state index in [0.29, 0.717) is 30.2 Å². The van der Waals surface area contributed by atoms with Crippen LogP contribution in [0.2, 0.25) is 0 Å². The summed E-state index contributed by atoms with van der Waals surface area (Å²) in [4.78, 5) is 19.7. The number of amides is 1. The van der Waals surface area contributed by atoms with Gasteiger partial charge in [-0.2, -0.15) is 16.9 Å². The van der Waals surface area contributed by atoms with Crippen molar-refractivity contribution in [3.63, 3.8) is 0 Å². The molecular formula is C22H27N5O3S. The fourth-order valence-electron chi connectivity index (χ4n) is 3.66. The van der Waals surface area contributed by atoms with Gasteiger partial charge in [0.25, 0.3) is 5.91 Å². The molecule has 1 N–H and O–H groups in total. The third-order valence-corrected chi connectivity index (χ3v) is 6.19. The average Bonchev–Trinajstić information content (AvgIpc) is 3.23. The van der Waals surface area contributed by atoms with Crippen LogP contribution >= 0.6 is 11.8 Å². The molecule has 9 heteroatoms. The zero-order valence-corrected chi connectivity index (χ0v) is 18.9. The highest BCUT2D eigenvalue weighted by atomic mass is 32.2. The lowest BCUT2D eigenvalue weighted by atomic mass is 10.1. The number of carbonyl (C=O) groups excluding carboxylic acids is 1. The third-order valence-electron chi connectivity index (χ3n) is 5.25. The third kappa shape index (κ3) is 4.71. The van der Waals surface area contributed by atoms with Crippen LogP contribution in [0.3, 0.4) is 0 Å². The minimum absolute atomic E-state index is 0.193. The maximum absolute atomic E-state index is 12.7. The van der Waals surface area contributed by atoms with Crippen molar-refractivity contribution in [2.24, 2.45) is 0 Å². The molecule has 2 aromatic heterocycles. The van der Waals surface area contributed by atoms with Gasteiger partial charge in [0.15, 0.2) is 23.0 Å². The molecule has 0 aliphatic carbocycles. The molecule has 0 bridgehead atoms. The predicted octanol–water partition coefficient (Wildman–Crippen LogP) is 2.58. The summed E-state index contributed by atoms with van der Waals surface area (Å²) in [6.07, 6.45) is 2.54. The Morgan fingerprint density at radius 1 is 1.16 bits per heavy atom. The summed E-state index contributed by atoms with van der Waals surface area (Å²) >= 11 is 1.95. The first-order valence-electron chi connectivity index (χ1n) is 10.3. The summed E-state index contributed by atoms with van der Waals surface area (Å²) in [7, 11) is 3.22. The van der Waals surface area contributed by atoms with Crippen molar-refractivity contribution in [3.8, 4) is 11.5 Å². The Balaban J connectivity index is 1.46. The number of nitrogens with one attached hydrogen (secondary N) is 1. The highest BCUT2D eigenvalue weighted by Gasteiger charge is 2.19. The molecule has 3 heterocycles. The van der Waals surface area contributed by atoms with Gasteiger partial charge in [-0.25, -0.2) is 9.50 Å². The Bertz CT molecular complexity index is 1080. The summed E-state index contributed by atoms with van der Waals surface area (Å²) in [6.45, 7) is 4.35. The zero-order chi connectivity index (χ0) is 21.8. The summed E-state index contributed by atoms with van der Waals surface area (Å²) in [5.41, 5.74) is 3.19. The normalized spacial score (nSPS) is 14.0.